The number of hydrogen-bond donors (Lipinski definition) is 2. The number of nitrogens with one attached hydrogen (secondary N) is 2. The summed E-state index contributed by atoms with van der Waals surface area (Å²) in [5, 5.41) is 9.35. The van der Waals surface area contributed by atoms with Crippen LogP contribution in [0.15, 0.2) is 5.38 Å². The lowest BCUT2D eigenvalue weighted by Crippen LogP contribution is -2.37. The Kier molecular flexibility index (Phi) is 6.75. The van der Waals surface area contributed by atoms with E-state index in [0.29, 0.717) is 12.5 Å². The summed E-state index contributed by atoms with van der Waals surface area (Å²) in [7, 11) is 0. The van der Waals surface area contributed by atoms with Crippen LogP contribution in [-0.4, -0.2) is 24.0 Å². The Labute approximate surface area is 124 Å². The van der Waals surface area contributed by atoms with Crippen molar-refractivity contribution in [2.75, 3.05) is 13.1 Å². The van der Waals surface area contributed by atoms with E-state index >= 15 is 0 Å². The first-order valence-electron chi connectivity index (χ1n) is 6.59. The van der Waals surface area contributed by atoms with Crippen molar-refractivity contribution < 1.29 is 4.79 Å². The fourth-order valence-corrected chi connectivity index (χ4v) is 2.96. The molecule has 1 aliphatic heterocycles. The van der Waals surface area contributed by atoms with Crippen LogP contribution >= 0.6 is 23.7 Å². The van der Waals surface area contributed by atoms with Gasteiger partial charge < -0.3 is 10.6 Å². The first-order chi connectivity index (χ1) is 8.66. The van der Waals surface area contributed by atoms with Crippen LogP contribution in [0.2, 0.25) is 0 Å². The summed E-state index contributed by atoms with van der Waals surface area (Å²) in [6, 6.07) is 0. The molecule has 1 fully saturated rings. The van der Waals surface area contributed by atoms with Crippen LogP contribution < -0.4 is 10.6 Å². The fraction of sp³-hybridized carbons (Fsp3) is 0.692. The summed E-state index contributed by atoms with van der Waals surface area (Å²) >= 11 is 1.63. The first-order valence-corrected chi connectivity index (χ1v) is 7.47. The summed E-state index contributed by atoms with van der Waals surface area (Å²) in [6.45, 7) is 6.73. The van der Waals surface area contributed by atoms with Gasteiger partial charge in [-0.15, -0.1) is 23.7 Å². The number of halogens is 1. The summed E-state index contributed by atoms with van der Waals surface area (Å²) in [5.74, 6) is 0.809. The van der Waals surface area contributed by atoms with Gasteiger partial charge in [0.25, 0.3) is 0 Å². The standard InChI is InChI=1S/C13H21N3OS.ClH/c1-9(2)11-8-18-12(16-11)7-15-13(17)10-3-5-14-6-4-10;/h8-10,14H,3-7H2,1-2H3,(H,15,17);1H. The van der Waals surface area contributed by atoms with Gasteiger partial charge in [-0.2, -0.15) is 0 Å². The molecule has 0 aliphatic carbocycles. The van der Waals surface area contributed by atoms with Gasteiger partial charge in [0.05, 0.1) is 12.2 Å². The van der Waals surface area contributed by atoms with E-state index in [9.17, 15) is 4.79 Å². The van der Waals surface area contributed by atoms with Gasteiger partial charge in [0.1, 0.15) is 5.01 Å². The molecule has 4 nitrogen and oxygen atoms in total. The van der Waals surface area contributed by atoms with Gasteiger partial charge in [-0.3, -0.25) is 4.79 Å². The Balaban J connectivity index is 0.00000180. The first kappa shape index (κ1) is 16.4. The lowest BCUT2D eigenvalue weighted by atomic mass is 9.97. The highest BCUT2D eigenvalue weighted by Crippen LogP contribution is 2.18. The number of rotatable bonds is 4. The van der Waals surface area contributed by atoms with E-state index in [2.05, 4.69) is 34.8 Å². The van der Waals surface area contributed by atoms with Crippen LogP contribution in [0, 0.1) is 5.92 Å². The number of hydrogen-bond acceptors (Lipinski definition) is 4. The van der Waals surface area contributed by atoms with Gasteiger partial charge in [0, 0.05) is 11.3 Å². The maximum absolute atomic E-state index is 12.0. The molecule has 108 valence electrons. The average Bonchev–Trinajstić information content (AvgIpc) is 2.86. The highest BCUT2D eigenvalue weighted by molar-refractivity contribution is 7.09. The summed E-state index contributed by atoms with van der Waals surface area (Å²) < 4.78 is 0. The molecule has 0 spiro atoms. The van der Waals surface area contributed by atoms with Crippen LogP contribution in [0.3, 0.4) is 0 Å². The Morgan fingerprint density at radius 1 is 1.53 bits per heavy atom. The van der Waals surface area contributed by atoms with Crippen molar-refractivity contribution in [3.63, 3.8) is 0 Å². The lowest BCUT2D eigenvalue weighted by Gasteiger charge is -2.21. The van der Waals surface area contributed by atoms with Gasteiger partial charge in [-0.25, -0.2) is 4.98 Å². The molecule has 0 radical (unpaired) electrons. The molecule has 2 N–H and O–H groups in total. The molecule has 0 bridgehead atoms. The molecule has 2 rings (SSSR count). The Morgan fingerprint density at radius 2 is 2.21 bits per heavy atom. The molecule has 19 heavy (non-hydrogen) atoms. The van der Waals surface area contributed by atoms with E-state index in [0.717, 1.165) is 36.6 Å². The third kappa shape index (κ3) is 4.75. The lowest BCUT2D eigenvalue weighted by molar-refractivity contribution is -0.125. The third-order valence-corrected chi connectivity index (χ3v) is 4.15. The van der Waals surface area contributed by atoms with Crippen molar-refractivity contribution in [2.45, 2.75) is 39.2 Å². The highest BCUT2D eigenvalue weighted by Gasteiger charge is 2.20. The average molecular weight is 304 g/mol. The Bertz CT molecular complexity index is 402. The van der Waals surface area contributed by atoms with Crippen molar-refractivity contribution in [1.29, 1.82) is 0 Å². The minimum Gasteiger partial charge on any atom is -0.349 e. The zero-order chi connectivity index (χ0) is 13.0. The SMILES string of the molecule is CC(C)c1csc(CNC(=O)C2CCNCC2)n1.Cl. The van der Waals surface area contributed by atoms with Crippen LogP contribution in [0.25, 0.3) is 0 Å². The Hall–Kier alpha value is -0.650. The van der Waals surface area contributed by atoms with E-state index in [1.165, 1.54) is 0 Å². The smallest absolute Gasteiger partial charge is 0.223 e. The van der Waals surface area contributed by atoms with Gasteiger partial charge in [0.15, 0.2) is 0 Å². The van der Waals surface area contributed by atoms with Gasteiger partial charge >= 0.3 is 0 Å². The molecular weight excluding hydrogens is 282 g/mol. The van der Waals surface area contributed by atoms with E-state index in [1.54, 1.807) is 11.3 Å². The van der Waals surface area contributed by atoms with Gasteiger partial charge in [-0.05, 0) is 31.8 Å². The molecule has 1 aromatic heterocycles. The normalized spacial score (nSPS) is 16.2. The molecular formula is C13H22ClN3OS. The zero-order valence-corrected chi connectivity index (χ0v) is 13.1. The number of carbonyl (C=O) groups is 1. The quantitative estimate of drug-likeness (QED) is 0.897. The number of amides is 1. The molecule has 1 amide bonds. The second-order valence-corrected chi connectivity index (χ2v) is 6.01. The number of thiazole rings is 1. The summed E-state index contributed by atoms with van der Waals surface area (Å²) in [6.07, 6.45) is 1.89. The fourth-order valence-electron chi connectivity index (χ4n) is 2.06. The number of aromatic nitrogens is 1. The number of nitrogens with zero attached hydrogens (tertiary/aromatic N) is 1. The maximum Gasteiger partial charge on any atom is 0.223 e. The molecule has 1 aromatic rings. The van der Waals surface area contributed by atoms with Crippen LogP contribution in [0.1, 0.15) is 43.3 Å². The largest absolute Gasteiger partial charge is 0.349 e. The minimum absolute atomic E-state index is 0. The zero-order valence-electron chi connectivity index (χ0n) is 11.4. The van der Waals surface area contributed by atoms with Crippen LogP contribution in [0.5, 0.6) is 0 Å². The van der Waals surface area contributed by atoms with Crippen molar-refractivity contribution in [3.8, 4) is 0 Å². The predicted molar refractivity (Wildman–Crippen MR) is 80.9 cm³/mol. The second-order valence-electron chi connectivity index (χ2n) is 5.06. The highest BCUT2D eigenvalue weighted by atomic mass is 35.5. The van der Waals surface area contributed by atoms with Crippen molar-refractivity contribution in [2.24, 2.45) is 5.92 Å². The molecule has 0 unspecified atom stereocenters. The minimum atomic E-state index is 0. The molecule has 6 heteroatoms. The van der Waals surface area contributed by atoms with Gasteiger partial charge in [0.2, 0.25) is 5.91 Å². The molecule has 2 heterocycles. The maximum atomic E-state index is 12.0. The van der Waals surface area contributed by atoms with Crippen molar-refractivity contribution in [3.05, 3.63) is 16.1 Å². The van der Waals surface area contributed by atoms with E-state index in [4.69, 9.17) is 0 Å². The molecule has 0 aromatic carbocycles. The van der Waals surface area contributed by atoms with E-state index in [1.807, 2.05) is 0 Å². The third-order valence-electron chi connectivity index (χ3n) is 3.28. The van der Waals surface area contributed by atoms with Crippen LogP contribution in [-0.2, 0) is 11.3 Å². The monoisotopic (exact) mass is 303 g/mol. The molecule has 1 saturated heterocycles. The van der Waals surface area contributed by atoms with Gasteiger partial charge in [-0.1, -0.05) is 13.8 Å². The van der Waals surface area contributed by atoms with Crippen molar-refractivity contribution >= 4 is 29.7 Å². The summed E-state index contributed by atoms with van der Waals surface area (Å²) in [5.41, 5.74) is 1.12. The van der Waals surface area contributed by atoms with E-state index in [-0.39, 0.29) is 24.2 Å². The molecule has 0 atom stereocenters. The second kappa shape index (κ2) is 7.82. The van der Waals surface area contributed by atoms with Crippen molar-refractivity contribution in [1.82, 2.24) is 15.6 Å². The molecule has 0 saturated carbocycles. The Morgan fingerprint density at radius 3 is 2.79 bits per heavy atom. The van der Waals surface area contributed by atoms with E-state index < -0.39 is 0 Å². The topological polar surface area (TPSA) is 54.0 Å². The molecule has 1 aliphatic rings. The predicted octanol–water partition coefficient (Wildman–Crippen LogP) is 2.30. The number of piperidine rings is 1. The summed E-state index contributed by atoms with van der Waals surface area (Å²) in [4.78, 5) is 16.5. The number of carbonyl (C=O) groups excluding carboxylic acids is 1. The van der Waals surface area contributed by atoms with Crippen LogP contribution in [0.4, 0.5) is 0 Å².